The monoisotopic (exact) mass is 300 g/mol. The van der Waals surface area contributed by atoms with Gasteiger partial charge in [-0.3, -0.25) is 0 Å². The van der Waals surface area contributed by atoms with Gasteiger partial charge in [0.25, 0.3) is 0 Å². The summed E-state index contributed by atoms with van der Waals surface area (Å²) >= 11 is 0. The van der Waals surface area contributed by atoms with E-state index in [-0.39, 0.29) is 40.0 Å². The van der Waals surface area contributed by atoms with Crippen LogP contribution in [0.4, 0.5) is 0 Å². The van der Waals surface area contributed by atoms with Gasteiger partial charge in [-0.15, -0.1) is 12.1 Å². The molecule has 0 aliphatic rings. The Labute approximate surface area is 129 Å². The molecule has 1 nitrogen and oxygen atoms in total. The predicted molar refractivity (Wildman–Crippen MR) is 66.5 cm³/mol. The molecule has 0 unspecified atom stereocenters. The number of halogens is 1. The SMILES string of the molecule is Cc1cccc(COc2cc[c-]cc2)c1.[Br-].[Mg+2]. The average molecular weight is 301 g/mol. The largest absolute Gasteiger partial charge is 2.00 e. The summed E-state index contributed by atoms with van der Waals surface area (Å²) in [6, 6.07) is 18.8. The average Bonchev–Trinajstić information content (AvgIpc) is 2.28. The van der Waals surface area contributed by atoms with Crippen molar-refractivity contribution in [1.29, 1.82) is 0 Å². The van der Waals surface area contributed by atoms with Gasteiger partial charge in [-0.2, -0.15) is 18.2 Å². The zero-order valence-corrected chi connectivity index (χ0v) is 12.8. The van der Waals surface area contributed by atoms with Crippen LogP contribution in [0.25, 0.3) is 0 Å². The van der Waals surface area contributed by atoms with Crippen LogP contribution in [0, 0.1) is 13.0 Å². The Balaban J connectivity index is 0.00000128. The summed E-state index contributed by atoms with van der Waals surface area (Å²) in [5, 5.41) is 0. The molecule has 2 aromatic rings. The number of hydrogen-bond donors (Lipinski definition) is 0. The predicted octanol–water partition coefficient (Wildman–Crippen LogP) is -0.00259. The molecule has 0 saturated carbocycles. The fourth-order valence-corrected chi connectivity index (χ4v) is 1.44. The van der Waals surface area contributed by atoms with Gasteiger partial charge in [-0.1, -0.05) is 29.8 Å². The number of rotatable bonds is 3. The summed E-state index contributed by atoms with van der Waals surface area (Å²) in [5.74, 6) is 0.884. The molecule has 0 fully saturated rings. The molecule has 0 heterocycles. The van der Waals surface area contributed by atoms with Crippen LogP contribution in [-0.4, -0.2) is 23.1 Å². The second kappa shape index (κ2) is 8.56. The van der Waals surface area contributed by atoms with Crippen LogP contribution in [0.1, 0.15) is 11.1 Å². The van der Waals surface area contributed by atoms with Crippen molar-refractivity contribution in [3.63, 3.8) is 0 Å². The zero-order valence-electron chi connectivity index (χ0n) is 9.82. The first-order chi connectivity index (χ1) is 7.34. The summed E-state index contributed by atoms with van der Waals surface area (Å²) < 4.78 is 5.63. The van der Waals surface area contributed by atoms with Crippen LogP contribution < -0.4 is 21.7 Å². The molecule has 0 saturated heterocycles. The molecule has 0 bridgehead atoms. The minimum Gasteiger partial charge on any atom is -1.00 e. The fraction of sp³-hybridized carbons (Fsp3) is 0.143. The van der Waals surface area contributed by atoms with Gasteiger partial charge >= 0.3 is 23.1 Å². The third-order valence-corrected chi connectivity index (χ3v) is 2.18. The van der Waals surface area contributed by atoms with Gasteiger partial charge in [-0.25, -0.2) is 0 Å². The van der Waals surface area contributed by atoms with Crippen molar-refractivity contribution in [1.82, 2.24) is 0 Å². The molecular formula is C14H13BrMgO. The smallest absolute Gasteiger partial charge is 1.00 e. The molecule has 0 aliphatic carbocycles. The number of aryl methyl sites for hydroxylation is 1. The van der Waals surface area contributed by atoms with E-state index in [1.807, 2.05) is 30.3 Å². The summed E-state index contributed by atoms with van der Waals surface area (Å²) in [5.41, 5.74) is 2.46. The van der Waals surface area contributed by atoms with Crippen LogP contribution in [-0.2, 0) is 6.61 Å². The molecule has 17 heavy (non-hydrogen) atoms. The topological polar surface area (TPSA) is 9.23 Å². The van der Waals surface area contributed by atoms with Crippen LogP contribution in [0.2, 0.25) is 0 Å². The van der Waals surface area contributed by atoms with E-state index in [9.17, 15) is 0 Å². The van der Waals surface area contributed by atoms with E-state index in [1.54, 1.807) is 0 Å². The third kappa shape index (κ3) is 5.57. The molecule has 0 N–H and O–H groups in total. The Bertz CT molecular complexity index is 431. The normalized spacial score (nSPS) is 8.76. The van der Waals surface area contributed by atoms with Crippen LogP contribution in [0.3, 0.4) is 0 Å². The minimum atomic E-state index is 0. The Morgan fingerprint density at radius 2 is 1.82 bits per heavy atom. The molecule has 0 amide bonds. The van der Waals surface area contributed by atoms with Crippen LogP contribution in [0.15, 0.2) is 48.5 Å². The summed E-state index contributed by atoms with van der Waals surface area (Å²) in [7, 11) is 0. The van der Waals surface area contributed by atoms with E-state index in [1.165, 1.54) is 11.1 Å². The van der Waals surface area contributed by atoms with Gasteiger partial charge in [0.2, 0.25) is 0 Å². The first kappa shape index (κ1) is 16.5. The summed E-state index contributed by atoms with van der Waals surface area (Å²) in [6.07, 6.45) is 0. The van der Waals surface area contributed by atoms with Crippen molar-refractivity contribution in [3.8, 4) is 5.75 Å². The molecule has 3 heteroatoms. The minimum absolute atomic E-state index is 0. The van der Waals surface area contributed by atoms with Crippen molar-refractivity contribution >= 4 is 23.1 Å². The second-order valence-corrected chi connectivity index (χ2v) is 3.51. The molecule has 0 aliphatic heterocycles. The number of ether oxygens (including phenoxy) is 1. The molecule has 84 valence electrons. The van der Waals surface area contributed by atoms with Crippen molar-refractivity contribution in [2.24, 2.45) is 0 Å². The van der Waals surface area contributed by atoms with E-state index in [0.717, 1.165) is 5.75 Å². The van der Waals surface area contributed by atoms with Gasteiger partial charge in [0, 0.05) is 5.75 Å². The Morgan fingerprint density at radius 3 is 2.47 bits per heavy atom. The van der Waals surface area contributed by atoms with Crippen molar-refractivity contribution in [2.45, 2.75) is 13.5 Å². The quantitative estimate of drug-likeness (QED) is 0.573. The molecule has 0 atom stereocenters. The van der Waals surface area contributed by atoms with Gasteiger partial charge in [-0.05, 0) is 12.5 Å². The zero-order chi connectivity index (χ0) is 10.5. The molecule has 2 rings (SSSR count). The maximum atomic E-state index is 5.63. The molecule has 0 aromatic heterocycles. The number of hydrogen-bond acceptors (Lipinski definition) is 1. The summed E-state index contributed by atoms with van der Waals surface area (Å²) in [4.78, 5) is 0. The van der Waals surface area contributed by atoms with Gasteiger partial charge in [0.1, 0.15) is 6.61 Å². The Morgan fingerprint density at radius 1 is 1.12 bits per heavy atom. The third-order valence-electron chi connectivity index (χ3n) is 2.18. The molecule has 2 aromatic carbocycles. The maximum absolute atomic E-state index is 5.63. The van der Waals surface area contributed by atoms with Crippen LogP contribution in [0.5, 0.6) is 5.75 Å². The van der Waals surface area contributed by atoms with Gasteiger partial charge in [0.15, 0.2) is 0 Å². The first-order valence-electron chi connectivity index (χ1n) is 4.99. The van der Waals surface area contributed by atoms with Crippen LogP contribution >= 0.6 is 0 Å². The van der Waals surface area contributed by atoms with Crippen molar-refractivity contribution in [2.75, 3.05) is 0 Å². The standard InChI is InChI=1S/C14H13O.BrH.Mg/c1-12-6-5-7-13(10-12)11-15-14-8-3-2-4-9-14;;/h3-10H,11H2,1H3;1H;/q-1;;+2/p-1. The van der Waals surface area contributed by atoms with E-state index >= 15 is 0 Å². The van der Waals surface area contributed by atoms with E-state index in [4.69, 9.17) is 4.74 Å². The molecular weight excluding hydrogens is 288 g/mol. The Hall–Kier alpha value is -0.514. The fourth-order valence-electron chi connectivity index (χ4n) is 1.44. The van der Waals surface area contributed by atoms with E-state index < -0.39 is 0 Å². The van der Waals surface area contributed by atoms with Gasteiger partial charge in [0.05, 0.1) is 0 Å². The van der Waals surface area contributed by atoms with Crippen molar-refractivity contribution < 1.29 is 21.7 Å². The van der Waals surface area contributed by atoms with E-state index in [0.29, 0.717) is 6.61 Å². The second-order valence-electron chi connectivity index (χ2n) is 3.51. The van der Waals surface area contributed by atoms with Gasteiger partial charge < -0.3 is 21.7 Å². The maximum Gasteiger partial charge on any atom is 2.00 e. The summed E-state index contributed by atoms with van der Waals surface area (Å²) in [6.45, 7) is 2.70. The molecule has 0 spiro atoms. The number of benzene rings is 2. The van der Waals surface area contributed by atoms with Crippen molar-refractivity contribution in [3.05, 3.63) is 65.7 Å². The van der Waals surface area contributed by atoms with E-state index in [2.05, 4.69) is 31.2 Å². The molecule has 0 radical (unpaired) electrons. The Kier molecular flexibility index (Phi) is 8.30. The first-order valence-corrected chi connectivity index (χ1v) is 4.99.